The average Bonchev–Trinajstić information content (AvgIpc) is 3.01. The molecule has 2 aliphatic carbocycles. The molecule has 132 valence electrons. The highest BCUT2D eigenvalue weighted by atomic mass is 32.1. The van der Waals surface area contributed by atoms with Gasteiger partial charge in [-0.1, -0.05) is 26.7 Å². The van der Waals surface area contributed by atoms with Crippen molar-refractivity contribution in [1.29, 1.82) is 0 Å². The Kier molecular flexibility index (Phi) is 5.59. The molecule has 1 aromatic heterocycles. The number of carbonyl (C=O) groups excluding carboxylic acids is 2. The smallest absolute Gasteiger partial charge is 0.348 e. The zero-order valence-corrected chi connectivity index (χ0v) is 15.4. The van der Waals surface area contributed by atoms with E-state index >= 15 is 0 Å². The Morgan fingerprint density at radius 3 is 2.79 bits per heavy atom. The van der Waals surface area contributed by atoms with Crippen LogP contribution >= 0.6 is 11.3 Å². The van der Waals surface area contributed by atoms with Crippen molar-refractivity contribution < 1.29 is 14.3 Å². The molecule has 3 unspecified atom stereocenters. The van der Waals surface area contributed by atoms with Gasteiger partial charge < -0.3 is 10.1 Å². The molecular formula is C19H27NO3S. The van der Waals surface area contributed by atoms with Crippen LogP contribution in [0.3, 0.4) is 0 Å². The molecular weight excluding hydrogens is 322 g/mol. The van der Waals surface area contributed by atoms with Crippen molar-refractivity contribution in [2.45, 2.75) is 64.8 Å². The number of esters is 1. The van der Waals surface area contributed by atoms with Crippen molar-refractivity contribution in [3.8, 4) is 0 Å². The van der Waals surface area contributed by atoms with E-state index < -0.39 is 0 Å². The number of thiophene rings is 1. The SMILES string of the molecule is CC1CCCC(NC(=O)COC(=O)c2cc3c(s2)CCCC3)C1C. The van der Waals surface area contributed by atoms with Gasteiger partial charge in [-0.15, -0.1) is 11.3 Å². The molecule has 3 rings (SSSR count). The lowest BCUT2D eigenvalue weighted by Gasteiger charge is -2.34. The highest BCUT2D eigenvalue weighted by molar-refractivity contribution is 7.14. The number of amides is 1. The van der Waals surface area contributed by atoms with Crippen LogP contribution < -0.4 is 5.32 Å². The Bertz CT molecular complexity index is 586. The summed E-state index contributed by atoms with van der Waals surface area (Å²) >= 11 is 1.53. The van der Waals surface area contributed by atoms with E-state index in [-0.39, 0.29) is 24.5 Å². The van der Waals surface area contributed by atoms with E-state index in [0.29, 0.717) is 16.7 Å². The molecule has 1 fully saturated rings. The summed E-state index contributed by atoms with van der Waals surface area (Å²) in [5, 5.41) is 3.04. The van der Waals surface area contributed by atoms with Crippen molar-refractivity contribution in [3.63, 3.8) is 0 Å². The molecule has 0 aromatic carbocycles. The molecule has 0 saturated heterocycles. The van der Waals surface area contributed by atoms with Gasteiger partial charge in [-0.2, -0.15) is 0 Å². The summed E-state index contributed by atoms with van der Waals surface area (Å²) in [7, 11) is 0. The lowest BCUT2D eigenvalue weighted by Crippen LogP contribution is -2.45. The summed E-state index contributed by atoms with van der Waals surface area (Å²) in [6, 6.07) is 2.15. The fourth-order valence-corrected chi connectivity index (χ4v) is 4.98. The van der Waals surface area contributed by atoms with Gasteiger partial charge in [-0.25, -0.2) is 4.79 Å². The number of ether oxygens (including phenoxy) is 1. The molecule has 0 spiro atoms. The first-order chi connectivity index (χ1) is 11.5. The van der Waals surface area contributed by atoms with Crippen LogP contribution in [0.25, 0.3) is 0 Å². The number of nitrogens with one attached hydrogen (secondary N) is 1. The van der Waals surface area contributed by atoms with E-state index in [1.807, 2.05) is 6.07 Å². The summed E-state index contributed by atoms with van der Waals surface area (Å²) in [6.45, 7) is 4.25. The van der Waals surface area contributed by atoms with Gasteiger partial charge in [0.15, 0.2) is 6.61 Å². The molecule has 24 heavy (non-hydrogen) atoms. The first-order valence-corrected chi connectivity index (χ1v) is 9.94. The molecule has 4 nitrogen and oxygen atoms in total. The van der Waals surface area contributed by atoms with E-state index in [1.54, 1.807) is 0 Å². The molecule has 0 radical (unpaired) electrons. The van der Waals surface area contributed by atoms with E-state index in [0.717, 1.165) is 25.7 Å². The molecule has 1 N–H and O–H groups in total. The minimum absolute atomic E-state index is 0.182. The summed E-state index contributed by atoms with van der Waals surface area (Å²) < 4.78 is 5.23. The van der Waals surface area contributed by atoms with Crippen LogP contribution in [0.15, 0.2) is 6.07 Å². The number of rotatable bonds is 4. The number of hydrogen-bond acceptors (Lipinski definition) is 4. The minimum Gasteiger partial charge on any atom is -0.451 e. The number of carbonyl (C=O) groups is 2. The Morgan fingerprint density at radius 2 is 2.00 bits per heavy atom. The molecule has 3 atom stereocenters. The fourth-order valence-electron chi connectivity index (χ4n) is 3.83. The van der Waals surface area contributed by atoms with Crippen molar-refractivity contribution in [2.24, 2.45) is 11.8 Å². The summed E-state index contributed by atoms with van der Waals surface area (Å²) in [4.78, 5) is 26.2. The van der Waals surface area contributed by atoms with Gasteiger partial charge in [0.05, 0.1) is 0 Å². The van der Waals surface area contributed by atoms with Gasteiger partial charge in [0, 0.05) is 10.9 Å². The lowest BCUT2D eigenvalue weighted by atomic mass is 9.78. The molecule has 0 aliphatic heterocycles. The summed E-state index contributed by atoms with van der Waals surface area (Å²) in [5.74, 6) is 0.552. The maximum atomic E-state index is 12.2. The van der Waals surface area contributed by atoms with Crippen LogP contribution in [0.4, 0.5) is 0 Å². The third-order valence-corrected chi connectivity index (χ3v) is 6.80. The summed E-state index contributed by atoms with van der Waals surface area (Å²) in [6.07, 6.45) is 7.90. The summed E-state index contributed by atoms with van der Waals surface area (Å²) in [5.41, 5.74) is 1.28. The van der Waals surface area contributed by atoms with Gasteiger partial charge in [0.1, 0.15) is 4.88 Å². The molecule has 1 aromatic rings. The zero-order chi connectivity index (χ0) is 17.1. The Hall–Kier alpha value is -1.36. The van der Waals surface area contributed by atoms with Crippen molar-refractivity contribution >= 4 is 23.2 Å². The third-order valence-electron chi connectivity index (χ3n) is 5.59. The van der Waals surface area contributed by atoms with E-state index in [1.165, 1.54) is 41.0 Å². The molecule has 1 saturated carbocycles. The Labute approximate surface area is 148 Å². The lowest BCUT2D eigenvalue weighted by molar-refractivity contribution is -0.125. The van der Waals surface area contributed by atoms with Crippen molar-refractivity contribution in [1.82, 2.24) is 5.32 Å². The predicted octanol–water partition coefficient (Wildman–Crippen LogP) is 3.72. The predicted molar refractivity (Wildman–Crippen MR) is 95.4 cm³/mol. The average molecular weight is 349 g/mol. The number of hydrogen-bond donors (Lipinski definition) is 1. The number of aryl methyl sites for hydroxylation is 2. The van der Waals surface area contributed by atoms with Gasteiger partial charge in [-0.3, -0.25) is 4.79 Å². The van der Waals surface area contributed by atoms with Gasteiger partial charge in [0.2, 0.25) is 0 Å². The molecule has 5 heteroatoms. The first kappa shape index (κ1) is 17.5. The fraction of sp³-hybridized carbons (Fsp3) is 0.684. The van der Waals surface area contributed by atoms with E-state index in [4.69, 9.17) is 4.74 Å². The maximum absolute atomic E-state index is 12.2. The van der Waals surface area contributed by atoms with Crippen molar-refractivity contribution in [2.75, 3.05) is 6.61 Å². The monoisotopic (exact) mass is 349 g/mol. The highest BCUT2D eigenvalue weighted by Gasteiger charge is 2.28. The first-order valence-electron chi connectivity index (χ1n) is 9.12. The second-order valence-corrected chi connectivity index (χ2v) is 8.42. The normalized spacial score (nSPS) is 26.5. The van der Waals surface area contributed by atoms with Gasteiger partial charge in [0.25, 0.3) is 5.91 Å². The topological polar surface area (TPSA) is 55.4 Å². The van der Waals surface area contributed by atoms with E-state index in [9.17, 15) is 9.59 Å². The minimum atomic E-state index is -0.366. The van der Waals surface area contributed by atoms with Crippen LogP contribution in [-0.2, 0) is 22.4 Å². The molecule has 1 heterocycles. The third kappa shape index (κ3) is 4.00. The molecule has 0 bridgehead atoms. The van der Waals surface area contributed by atoms with Gasteiger partial charge in [-0.05, 0) is 55.6 Å². The van der Waals surface area contributed by atoms with Crippen LogP contribution in [-0.4, -0.2) is 24.5 Å². The van der Waals surface area contributed by atoms with Crippen LogP contribution in [0.5, 0.6) is 0 Å². The zero-order valence-electron chi connectivity index (χ0n) is 14.6. The van der Waals surface area contributed by atoms with E-state index in [2.05, 4.69) is 19.2 Å². The second kappa shape index (κ2) is 7.68. The van der Waals surface area contributed by atoms with Crippen LogP contribution in [0, 0.1) is 11.8 Å². The molecule has 2 aliphatic rings. The standard InChI is InChI=1S/C19H27NO3S/c1-12-6-5-8-15(13(12)2)20-18(21)11-23-19(22)17-10-14-7-3-4-9-16(14)24-17/h10,12-13,15H,3-9,11H2,1-2H3,(H,20,21). The second-order valence-electron chi connectivity index (χ2n) is 7.28. The van der Waals surface area contributed by atoms with Gasteiger partial charge >= 0.3 is 5.97 Å². The largest absolute Gasteiger partial charge is 0.451 e. The molecule has 1 amide bonds. The quantitative estimate of drug-likeness (QED) is 0.843. The number of fused-ring (bicyclic) bond motifs is 1. The Balaban J connectivity index is 1.49. The Morgan fingerprint density at radius 1 is 1.21 bits per heavy atom. The van der Waals surface area contributed by atoms with Crippen molar-refractivity contribution in [3.05, 3.63) is 21.4 Å². The maximum Gasteiger partial charge on any atom is 0.348 e. The highest BCUT2D eigenvalue weighted by Crippen LogP contribution is 2.30. The van der Waals surface area contributed by atoms with Crippen LogP contribution in [0.1, 0.15) is 66.1 Å². The van der Waals surface area contributed by atoms with Crippen LogP contribution in [0.2, 0.25) is 0 Å².